The van der Waals surface area contributed by atoms with Gasteiger partial charge in [0.25, 0.3) is 5.91 Å². The molecule has 0 fully saturated rings. The number of benzene rings is 1. The molecule has 0 saturated carbocycles. The summed E-state index contributed by atoms with van der Waals surface area (Å²) in [4.78, 5) is 12.6. The maximum Gasteiger partial charge on any atom is 0.253 e. The van der Waals surface area contributed by atoms with Crippen LogP contribution < -0.4 is 5.32 Å². The van der Waals surface area contributed by atoms with E-state index in [1.807, 2.05) is 6.92 Å². The summed E-state index contributed by atoms with van der Waals surface area (Å²) >= 11 is 10.1. The minimum atomic E-state index is -0.212. The van der Waals surface area contributed by atoms with Gasteiger partial charge in [-0.05, 0) is 38.0 Å². The Morgan fingerprint density at radius 1 is 1.59 bits per heavy atom. The molecule has 0 aromatic heterocycles. The normalized spacial score (nSPS) is 12.2. The molecule has 2 N–H and O–H groups in total. The number of carbonyl (C=O) groups is 1. The third-order valence-electron chi connectivity index (χ3n) is 2.37. The lowest BCUT2D eigenvalue weighted by Crippen LogP contribution is -2.32. The minimum Gasteiger partial charge on any atom is -0.396 e. The van der Waals surface area contributed by atoms with Gasteiger partial charge in [-0.25, -0.2) is 0 Å². The Labute approximate surface area is 112 Å². The van der Waals surface area contributed by atoms with Gasteiger partial charge in [0.05, 0.1) is 10.6 Å². The molecule has 3 nitrogen and oxygen atoms in total. The zero-order valence-electron chi connectivity index (χ0n) is 9.61. The molecule has 5 heteroatoms. The van der Waals surface area contributed by atoms with Crippen LogP contribution in [0.1, 0.15) is 30.1 Å². The average Bonchev–Trinajstić information content (AvgIpc) is 2.29. The number of hydrogen-bond acceptors (Lipinski definition) is 3. The minimum absolute atomic E-state index is 0.00860. The highest BCUT2D eigenvalue weighted by Crippen LogP contribution is 2.19. The highest BCUT2D eigenvalue weighted by Gasteiger charge is 2.13. The second-order valence-corrected chi connectivity index (χ2v) is 4.83. The van der Waals surface area contributed by atoms with Gasteiger partial charge in [-0.1, -0.05) is 11.6 Å². The molecule has 1 unspecified atom stereocenters. The van der Waals surface area contributed by atoms with E-state index in [2.05, 4.69) is 17.9 Å². The largest absolute Gasteiger partial charge is 0.396 e. The number of nitrogens with one attached hydrogen (secondary N) is 1. The van der Waals surface area contributed by atoms with E-state index in [-0.39, 0.29) is 18.6 Å². The van der Waals surface area contributed by atoms with E-state index >= 15 is 0 Å². The number of aliphatic hydroxyl groups is 1. The van der Waals surface area contributed by atoms with Crippen molar-refractivity contribution in [2.75, 3.05) is 6.61 Å². The van der Waals surface area contributed by atoms with Crippen molar-refractivity contribution in [2.45, 2.75) is 30.7 Å². The fraction of sp³-hybridized carbons (Fsp3) is 0.417. The molecule has 1 amide bonds. The molecule has 0 spiro atoms. The van der Waals surface area contributed by atoms with E-state index < -0.39 is 0 Å². The summed E-state index contributed by atoms with van der Waals surface area (Å²) in [6.45, 7) is 2.03. The first-order valence-electron chi connectivity index (χ1n) is 5.45. The highest BCUT2D eigenvalue weighted by molar-refractivity contribution is 7.80. The Morgan fingerprint density at radius 2 is 2.29 bits per heavy atom. The fourth-order valence-electron chi connectivity index (χ4n) is 1.46. The summed E-state index contributed by atoms with van der Waals surface area (Å²) in [5.74, 6) is -0.212. The molecule has 1 aromatic carbocycles. The van der Waals surface area contributed by atoms with E-state index in [1.54, 1.807) is 18.2 Å². The van der Waals surface area contributed by atoms with E-state index in [0.29, 0.717) is 21.9 Å². The highest BCUT2D eigenvalue weighted by atomic mass is 35.5. The van der Waals surface area contributed by atoms with Gasteiger partial charge in [-0.2, -0.15) is 0 Å². The molecular formula is C12H16ClNO2S. The average molecular weight is 274 g/mol. The summed E-state index contributed by atoms with van der Waals surface area (Å²) < 4.78 is 0. The summed E-state index contributed by atoms with van der Waals surface area (Å²) in [7, 11) is 0. The molecule has 0 aliphatic rings. The van der Waals surface area contributed by atoms with Gasteiger partial charge in [0.2, 0.25) is 0 Å². The molecule has 0 heterocycles. The van der Waals surface area contributed by atoms with Crippen LogP contribution in [-0.4, -0.2) is 23.7 Å². The first kappa shape index (κ1) is 14.4. The van der Waals surface area contributed by atoms with Gasteiger partial charge < -0.3 is 10.4 Å². The molecule has 1 rings (SSSR count). The van der Waals surface area contributed by atoms with Crippen molar-refractivity contribution in [2.24, 2.45) is 0 Å². The zero-order chi connectivity index (χ0) is 12.8. The maximum absolute atomic E-state index is 11.9. The standard InChI is InChI=1S/C12H16ClNO2S/c1-8(3-2-6-15)14-12(16)10-7-9(17)4-5-11(10)13/h4-5,7-8,15,17H,2-3,6H2,1H3,(H,14,16). The first-order valence-corrected chi connectivity index (χ1v) is 6.27. The second kappa shape index (κ2) is 6.89. The molecule has 17 heavy (non-hydrogen) atoms. The molecule has 0 aliphatic carbocycles. The van der Waals surface area contributed by atoms with Gasteiger partial charge >= 0.3 is 0 Å². The van der Waals surface area contributed by atoms with Crippen LogP contribution in [0.3, 0.4) is 0 Å². The van der Waals surface area contributed by atoms with Gasteiger partial charge in [0.1, 0.15) is 0 Å². The van der Waals surface area contributed by atoms with Gasteiger partial charge in [0.15, 0.2) is 0 Å². The molecule has 0 radical (unpaired) electrons. The summed E-state index contributed by atoms with van der Waals surface area (Å²) in [6.07, 6.45) is 1.40. The van der Waals surface area contributed by atoms with E-state index in [1.165, 1.54) is 0 Å². The van der Waals surface area contributed by atoms with Crippen molar-refractivity contribution in [1.82, 2.24) is 5.32 Å². The predicted molar refractivity (Wildman–Crippen MR) is 72.0 cm³/mol. The van der Waals surface area contributed by atoms with Crippen LogP contribution in [0.5, 0.6) is 0 Å². The van der Waals surface area contributed by atoms with Crippen LogP contribution in [0.2, 0.25) is 5.02 Å². The molecule has 1 atom stereocenters. The van der Waals surface area contributed by atoms with Gasteiger partial charge in [-0.3, -0.25) is 4.79 Å². The molecule has 0 saturated heterocycles. The Hall–Kier alpha value is -0.710. The van der Waals surface area contributed by atoms with Crippen LogP contribution >= 0.6 is 24.2 Å². The lowest BCUT2D eigenvalue weighted by molar-refractivity contribution is 0.0936. The lowest BCUT2D eigenvalue weighted by Gasteiger charge is -2.14. The molecule has 1 aromatic rings. The quantitative estimate of drug-likeness (QED) is 0.722. The van der Waals surface area contributed by atoms with Crippen LogP contribution in [-0.2, 0) is 0 Å². The van der Waals surface area contributed by atoms with Crippen LogP contribution in [0.4, 0.5) is 0 Å². The third-order valence-corrected chi connectivity index (χ3v) is 2.98. The number of amides is 1. The zero-order valence-corrected chi connectivity index (χ0v) is 11.3. The molecule has 0 bridgehead atoms. The summed E-state index contributed by atoms with van der Waals surface area (Å²) in [5.41, 5.74) is 0.426. The predicted octanol–water partition coefficient (Wildman–Crippen LogP) is 2.52. The Balaban J connectivity index is 2.66. The molecular weight excluding hydrogens is 258 g/mol. The number of carbonyl (C=O) groups excluding carboxylic acids is 1. The Morgan fingerprint density at radius 3 is 2.94 bits per heavy atom. The number of halogens is 1. The van der Waals surface area contributed by atoms with E-state index in [0.717, 1.165) is 6.42 Å². The molecule has 94 valence electrons. The van der Waals surface area contributed by atoms with Crippen molar-refractivity contribution in [3.8, 4) is 0 Å². The van der Waals surface area contributed by atoms with Crippen LogP contribution in [0, 0.1) is 0 Å². The number of rotatable bonds is 5. The van der Waals surface area contributed by atoms with Gasteiger partial charge in [-0.15, -0.1) is 12.6 Å². The van der Waals surface area contributed by atoms with Crippen molar-refractivity contribution in [1.29, 1.82) is 0 Å². The lowest BCUT2D eigenvalue weighted by atomic mass is 10.1. The maximum atomic E-state index is 11.9. The fourth-order valence-corrected chi connectivity index (χ4v) is 1.87. The van der Waals surface area contributed by atoms with Crippen molar-refractivity contribution < 1.29 is 9.90 Å². The Bertz CT molecular complexity index is 398. The van der Waals surface area contributed by atoms with E-state index in [9.17, 15) is 4.79 Å². The summed E-state index contributed by atoms with van der Waals surface area (Å²) in [6, 6.07) is 5.03. The number of thiol groups is 1. The van der Waals surface area contributed by atoms with Crippen molar-refractivity contribution >= 4 is 30.1 Å². The second-order valence-electron chi connectivity index (χ2n) is 3.90. The van der Waals surface area contributed by atoms with Crippen molar-refractivity contribution in [3.63, 3.8) is 0 Å². The monoisotopic (exact) mass is 273 g/mol. The van der Waals surface area contributed by atoms with Crippen molar-refractivity contribution in [3.05, 3.63) is 28.8 Å². The number of aliphatic hydroxyl groups excluding tert-OH is 1. The summed E-state index contributed by atoms with van der Waals surface area (Å²) in [5, 5.41) is 11.9. The SMILES string of the molecule is CC(CCCO)NC(=O)c1cc(S)ccc1Cl. The smallest absolute Gasteiger partial charge is 0.253 e. The van der Waals surface area contributed by atoms with E-state index in [4.69, 9.17) is 16.7 Å². The van der Waals surface area contributed by atoms with Crippen LogP contribution in [0.25, 0.3) is 0 Å². The first-order chi connectivity index (χ1) is 8.04. The third kappa shape index (κ3) is 4.58. The number of hydrogen-bond donors (Lipinski definition) is 3. The van der Waals surface area contributed by atoms with Gasteiger partial charge in [0, 0.05) is 17.5 Å². The molecule has 0 aliphatic heterocycles. The topological polar surface area (TPSA) is 49.3 Å². The van der Waals surface area contributed by atoms with Crippen LogP contribution in [0.15, 0.2) is 23.1 Å². The Kier molecular flexibility index (Phi) is 5.82.